The van der Waals surface area contributed by atoms with E-state index < -0.39 is 5.38 Å². The summed E-state index contributed by atoms with van der Waals surface area (Å²) in [7, 11) is 0. The molecule has 0 aromatic heterocycles. The van der Waals surface area contributed by atoms with Crippen molar-refractivity contribution in [3.05, 3.63) is 29.3 Å². The van der Waals surface area contributed by atoms with Gasteiger partial charge in [-0.1, -0.05) is 18.2 Å². The largest absolute Gasteiger partial charge is 0.377 e. The average Bonchev–Trinajstić information content (AvgIpc) is 2.30. The molecule has 0 radical (unpaired) electrons. The summed E-state index contributed by atoms with van der Waals surface area (Å²) in [5.74, 6) is -0.227. The molecule has 0 saturated carbocycles. The van der Waals surface area contributed by atoms with Gasteiger partial charge in [0.1, 0.15) is 5.38 Å². The van der Waals surface area contributed by atoms with Crippen molar-refractivity contribution in [2.24, 2.45) is 0 Å². The van der Waals surface area contributed by atoms with Crippen molar-refractivity contribution in [1.82, 2.24) is 0 Å². The van der Waals surface area contributed by atoms with Gasteiger partial charge in [0.05, 0.1) is 12.7 Å². The molecule has 4 heteroatoms. The number of benzene rings is 1. The van der Waals surface area contributed by atoms with Gasteiger partial charge in [0, 0.05) is 5.69 Å². The van der Waals surface area contributed by atoms with Crippen LogP contribution < -0.4 is 5.32 Å². The van der Waals surface area contributed by atoms with Crippen LogP contribution in [0.25, 0.3) is 0 Å². The van der Waals surface area contributed by atoms with Crippen LogP contribution in [0.4, 0.5) is 5.69 Å². The number of amides is 1. The summed E-state index contributed by atoms with van der Waals surface area (Å²) in [6, 6.07) is 5.87. The van der Waals surface area contributed by atoms with E-state index in [0.29, 0.717) is 0 Å². The summed E-state index contributed by atoms with van der Waals surface area (Å²) in [5, 5.41) is 2.18. The maximum Gasteiger partial charge on any atom is 0.244 e. The number of alkyl halides is 1. The maximum atomic E-state index is 11.9. The van der Waals surface area contributed by atoms with Crippen LogP contribution in [-0.2, 0) is 9.53 Å². The molecule has 0 aliphatic carbocycles. The van der Waals surface area contributed by atoms with Gasteiger partial charge in [-0.25, -0.2) is 0 Å². The smallest absolute Gasteiger partial charge is 0.244 e. The second-order valence-corrected chi connectivity index (χ2v) is 5.13. The predicted molar refractivity (Wildman–Crippen MR) is 75.3 cm³/mol. The van der Waals surface area contributed by atoms with Gasteiger partial charge in [-0.2, -0.15) is 0 Å². The zero-order valence-electron chi connectivity index (χ0n) is 11.3. The number of ether oxygens (including phenoxy) is 1. The van der Waals surface area contributed by atoms with Crippen LogP contribution in [0.15, 0.2) is 18.2 Å². The first-order chi connectivity index (χ1) is 8.41. The number of halogens is 1. The maximum absolute atomic E-state index is 11.9. The Balaban J connectivity index is 2.64. The van der Waals surface area contributed by atoms with Crippen LogP contribution in [0.3, 0.4) is 0 Å². The molecule has 1 unspecified atom stereocenters. The van der Waals surface area contributed by atoms with E-state index in [1.165, 1.54) is 0 Å². The van der Waals surface area contributed by atoms with Crippen LogP contribution in [0, 0.1) is 13.8 Å². The van der Waals surface area contributed by atoms with Crippen molar-refractivity contribution in [1.29, 1.82) is 0 Å². The molecular formula is C14H20ClNO2. The van der Waals surface area contributed by atoms with Crippen molar-refractivity contribution in [2.75, 3.05) is 11.9 Å². The van der Waals surface area contributed by atoms with E-state index in [1.807, 2.05) is 45.9 Å². The molecule has 0 aliphatic heterocycles. The summed E-state index contributed by atoms with van der Waals surface area (Å²) in [4.78, 5) is 11.9. The second-order valence-electron chi connectivity index (χ2n) is 4.61. The first kappa shape index (κ1) is 15.0. The Morgan fingerprint density at radius 3 is 2.39 bits per heavy atom. The molecule has 18 heavy (non-hydrogen) atoms. The van der Waals surface area contributed by atoms with E-state index in [2.05, 4.69) is 5.32 Å². The number of para-hydroxylation sites is 1. The van der Waals surface area contributed by atoms with E-state index in [1.54, 1.807) is 0 Å². The third-order valence-corrected chi connectivity index (χ3v) is 2.91. The lowest BCUT2D eigenvalue weighted by atomic mass is 10.1. The van der Waals surface area contributed by atoms with Gasteiger partial charge in [-0.05, 0) is 38.8 Å². The molecule has 1 rings (SSSR count). The van der Waals surface area contributed by atoms with Crippen LogP contribution in [0.2, 0.25) is 0 Å². The highest BCUT2D eigenvalue weighted by Crippen LogP contribution is 2.20. The van der Waals surface area contributed by atoms with Crippen molar-refractivity contribution < 1.29 is 9.53 Å². The molecule has 1 N–H and O–H groups in total. The lowest BCUT2D eigenvalue weighted by Gasteiger charge is -2.15. The fourth-order valence-corrected chi connectivity index (χ4v) is 1.69. The highest BCUT2D eigenvalue weighted by atomic mass is 35.5. The number of carbonyl (C=O) groups is 1. The quantitative estimate of drug-likeness (QED) is 0.833. The average molecular weight is 270 g/mol. The molecule has 3 nitrogen and oxygen atoms in total. The van der Waals surface area contributed by atoms with Crippen LogP contribution >= 0.6 is 11.6 Å². The van der Waals surface area contributed by atoms with Crippen LogP contribution in [-0.4, -0.2) is 24.0 Å². The number of hydrogen-bond acceptors (Lipinski definition) is 2. The monoisotopic (exact) mass is 269 g/mol. The van der Waals surface area contributed by atoms with Crippen molar-refractivity contribution in [2.45, 2.75) is 39.2 Å². The fourth-order valence-electron chi connectivity index (χ4n) is 1.57. The standard InChI is InChI=1S/C14H20ClNO2/c1-9(2)18-8-12(15)14(17)16-13-10(3)6-5-7-11(13)4/h5-7,9,12H,8H2,1-4H3,(H,16,17). The molecule has 1 aromatic carbocycles. The van der Waals surface area contributed by atoms with Gasteiger partial charge in [-0.15, -0.1) is 11.6 Å². The summed E-state index contributed by atoms with van der Waals surface area (Å²) in [6.45, 7) is 7.95. The first-order valence-electron chi connectivity index (χ1n) is 6.04. The normalized spacial score (nSPS) is 12.6. The third kappa shape index (κ3) is 4.31. The number of carbonyl (C=O) groups excluding carboxylic acids is 1. The molecule has 0 aliphatic rings. The van der Waals surface area contributed by atoms with Crippen LogP contribution in [0.1, 0.15) is 25.0 Å². The molecule has 0 bridgehead atoms. The highest BCUT2D eigenvalue weighted by molar-refractivity contribution is 6.32. The minimum atomic E-state index is -0.675. The Bertz CT molecular complexity index is 398. The number of anilines is 1. The van der Waals surface area contributed by atoms with Gasteiger partial charge < -0.3 is 10.1 Å². The second kappa shape index (κ2) is 6.76. The van der Waals surface area contributed by atoms with E-state index in [-0.39, 0.29) is 18.6 Å². The van der Waals surface area contributed by atoms with Gasteiger partial charge >= 0.3 is 0 Å². The molecule has 0 heterocycles. The molecule has 1 atom stereocenters. The molecule has 100 valence electrons. The Kier molecular flexibility index (Phi) is 5.63. The SMILES string of the molecule is Cc1cccc(C)c1NC(=O)C(Cl)COC(C)C. The minimum Gasteiger partial charge on any atom is -0.377 e. The zero-order chi connectivity index (χ0) is 13.7. The third-order valence-electron chi connectivity index (χ3n) is 2.59. The fraction of sp³-hybridized carbons (Fsp3) is 0.500. The Morgan fingerprint density at radius 1 is 1.33 bits per heavy atom. The molecule has 0 saturated heterocycles. The van der Waals surface area contributed by atoms with E-state index in [0.717, 1.165) is 16.8 Å². The Hall–Kier alpha value is -1.06. The Labute approximate surface area is 113 Å². The minimum absolute atomic E-state index is 0.0687. The topological polar surface area (TPSA) is 38.3 Å². The summed E-state index contributed by atoms with van der Waals surface area (Å²) < 4.78 is 5.33. The number of rotatable bonds is 5. The van der Waals surface area contributed by atoms with Gasteiger partial charge in [0.25, 0.3) is 0 Å². The summed E-state index contributed by atoms with van der Waals surface area (Å²) >= 11 is 5.99. The van der Waals surface area contributed by atoms with Gasteiger partial charge in [0.15, 0.2) is 0 Å². The van der Waals surface area contributed by atoms with E-state index in [9.17, 15) is 4.79 Å². The van der Waals surface area contributed by atoms with Gasteiger partial charge in [0.2, 0.25) is 5.91 Å². The van der Waals surface area contributed by atoms with Crippen molar-refractivity contribution in [3.63, 3.8) is 0 Å². The summed E-state index contributed by atoms with van der Waals surface area (Å²) in [5.41, 5.74) is 2.88. The molecular weight excluding hydrogens is 250 g/mol. The number of aryl methyl sites for hydroxylation is 2. The van der Waals surface area contributed by atoms with Crippen molar-refractivity contribution >= 4 is 23.2 Å². The van der Waals surface area contributed by atoms with E-state index in [4.69, 9.17) is 16.3 Å². The highest BCUT2D eigenvalue weighted by Gasteiger charge is 2.17. The number of nitrogens with one attached hydrogen (secondary N) is 1. The summed E-state index contributed by atoms with van der Waals surface area (Å²) in [6.07, 6.45) is 0.0687. The van der Waals surface area contributed by atoms with Crippen LogP contribution in [0.5, 0.6) is 0 Å². The van der Waals surface area contributed by atoms with E-state index >= 15 is 0 Å². The first-order valence-corrected chi connectivity index (χ1v) is 6.48. The predicted octanol–water partition coefficient (Wildman–Crippen LogP) is 3.27. The zero-order valence-corrected chi connectivity index (χ0v) is 12.0. The molecule has 1 aromatic rings. The lowest BCUT2D eigenvalue weighted by Crippen LogP contribution is -2.29. The van der Waals surface area contributed by atoms with Crippen molar-refractivity contribution in [3.8, 4) is 0 Å². The molecule has 0 fully saturated rings. The lowest BCUT2D eigenvalue weighted by molar-refractivity contribution is -0.117. The molecule has 0 spiro atoms. The Morgan fingerprint density at radius 2 is 1.89 bits per heavy atom. The molecule has 1 amide bonds. The van der Waals surface area contributed by atoms with Gasteiger partial charge in [-0.3, -0.25) is 4.79 Å². The number of hydrogen-bond donors (Lipinski definition) is 1.